The summed E-state index contributed by atoms with van der Waals surface area (Å²) in [5, 5.41) is 68.9. The van der Waals surface area contributed by atoms with E-state index in [-0.39, 0.29) is 67.8 Å². The Hall–Kier alpha value is -11.0. The summed E-state index contributed by atoms with van der Waals surface area (Å²) < 4.78 is 169. The Bertz CT molecular complexity index is 6140. The Kier molecular flexibility index (Phi) is 22.9. The van der Waals surface area contributed by atoms with Crippen LogP contribution in [0.15, 0.2) is 91.0 Å². The minimum Gasteiger partial charge on any atom is -0.493 e. The molecule has 23 rings (SSSR count). The molecule has 9 aromatic rings. The van der Waals surface area contributed by atoms with E-state index in [2.05, 4.69) is 4.74 Å². The highest BCUT2D eigenvalue weighted by Crippen LogP contribution is 2.58. The Morgan fingerprint density at radius 3 is 0.992 bits per heavy atom. The molecule has 35 heteroatoms. The molecule has 2 saturated carbocycles. The maximum Gasteiger partial charge on any atom is 0.586 e. The van der Waals surface area contributed by atoms with Gasteiger partial charge in [0.25, 0.3) is 0 Å². The average Bonchev–Trinajstić information content (AvgIpc) is 1.66. The lowest BCUT2D eigenvalue weighted by molar-refractivity contribution is -0.286. The standard InChI is InChI=1S/C34H36O11.C33H34O11.C31H30F2O11/c1-38-23-13-19-20(14-24(23)39-2)30(18-7-8-21(36)28(18)27(19)17-6-9-22-25(12-17)41-16-40-22)43-33-29(37)32-31(26(15-35)42-33)44-34(45-32)10-4-3-5-11-34;1-37-22-12-18-19(13-23(22)38-2)29(17-6-7-20(35)27(17)26(18)16-5-8-21-24(11-16)40-15-39-21)42-32-28(36)31-30(25(14-34)41-32)43-33(44-31)9-3-4-10-33;1-30(2)43-27-22(12-34)39-29(25(36)28(27)44-30)40-26-14-6-7-17(35)24(14)23(15-10-19(37-3)20(38-4)11-16(15)26)13-5-8-18-21(9-13)42-31(32,33)41-18/h6,9,12-14,26,29,31-33,35,37H,3-5,7-8,10-11,15-16H2,1-2H3;5,8,11-13,25,28,30-32,34,36H,3-4,6-7,9-10,14-15H2,1-2H3;5,8-11,22,25,27-29,34,36H,6-7,12H2,1-4H3. The fourth-order valence-corrected chi connectivity index (χ4v) is 21.5. The molecule has 9 aliphatic heterocycles. The van der Waals surface area contributed by atoms with Crippen molar-refractivity contribution in [3.63, 3.8) is 0 Å². The average molecular weight is 1840 g/mol. The van der Waals surface area contributed by atoms with Crippen LogP contribution >= 0.6 is 0 Å². The fourth-order valence-electron chi connectivity index (χ4n) is 21.5. The van der Waals surface area contributed by atoms with Gasteiger partial charge in [-0.05, 0) is 164 Å². The molecular weight excluding hydrogens is 1740 g/mol. The number of aliphatic hydroxyl groups is 6. The Morgan fingerprint density at radius 1 is 0.346 bits per heavy atom. The molecule has 6 N–H and O–H groups in total. The molecule has 15 atom stereocenters. The molecule has 133 heavy (non-hydrogen) atoms. The highest BCUT2D eigenvalue weighted by molar-refractivity contribution is 6.19. The third kappa shape index (κ3) is 15.2. The molecule has 9 heterocycles. The van der Waals surface area contributed by atoms with Crippen LogP contribution < -0.4 is 71.1 Å². The molecule has 9 aromatic carbocycles. The van der Waals surface area contributed by atoms with Gasteiger partial charge in [0.1, 0.15) is 90.5 Å². The highest BCUT2D eigenvalue weighted by atomic mass is 19.3. The zero-order chi connectivity index (χ0) is 92.2. The van der Waals surface area contributed by atoms with Gasteiger partial charge in [-0.3, -0.25) is 14.4 Å². The molecule has 5 aliphatic carbocycles. The van der Waals surface area contributed by atoms with E-state index in [1.165, 1.54) is 26.4 Å². The maximum atomic E-state index is 13.9. The summed E-state index contributed by atoms with van der Waals surface area (Å²) in [6, 6.07) is 26.2. The molecule has 0 bridgehead atoms. The number of carbonyl (C=O) groups excluding carboxylic acids is 3. The van der Waals surface area contributed by atoms with E-state index in [0.717, 1.165) is 80.0 Å². The number of hydrogen-bond acceptors (Lipinski definition) is 33. The first-order chi connectivity index (χ1) is 64.3. The van der Waals surface area contributed by atoms with E-state index in [0.29, 0.717) is 178 Å². The van der Waals surface area contributed by atoms with Crippen molar-refractivity contribution < 1.29 is 167 Å². The van der Waals surface area contributed by atoms with Crippen LogP contribution in [0.3, 0.4) is 0 Å². The number of aliphatic hydroxyl groups excluding tert-OH is 6. The highest BCUT2D eigenvalue weighted by Gasteiger charge is 2.62. The van der Waals surface area contributed by atoms with Crippen molar-refractivity contribution in [2.45, 2.75) is 226 Å². The maximum absolute atomic E-state index is 13.9. The number of benzene rings is 9. The summed E-state index contributed by atoms with van der Waals surface area (Å²) >= 11 is 0. The second-order valence-corrected chi connectivity index (χ2v) is 35.7. The predicted molar refractivity (Wildman–Crippen MR) is 461 cm³/mol. The van der Waals surface area contributed by atoms with E-state index in [1.54, 1.807) is 60.5 Å². The summed E-state index contributed by atoms with van der Waals surface area (Å²) in [6.07, 6.45) is -8.22. The van der Waals surface area contributed by atoms with E-state index < -0.39 is 122 Å². The number of carbonyl (C=O) groups is 3. The van der Waals surface area contributed by atoms with Crippen LogP contribution in [0.5, 0.6) is 86.2 Å². The van der Waals surface area contributed by atoms with Crippen LogP contribution in [0.1, 0.15) is 139 Å². The van der Waals surface area contributed by atoms with Gasteiger partial charge in [0.15, 0.2) is 104 Å². The molecule has 704 valence electrons. The monoisotopic (exact) mass is 1840 g/mol. The zero-order valence-electron chi connectivity index (χ0n) is 73.9. The van der Waals surface area contributed by atoms with E-state index in [1.807, 2.05) is 60.7 Å². The molecule has 0 radical (unpaired) electrons. The number of alkyl halides is 2. The molecule has 15 unspecified atom stereocenters. The van der Waals surface area contributed by atoms with Gasteiger partial charge in [-0.15, -0.1) is 8.78 Å². The van der Waals surface area contributed by atoms with Crippen LogP contribution in [0.2, 0.25) is 0 Å². The number of rotatable bonds is 18. The van der Waals surface area contributed by atoms with Crippen molar-refractivity contribution in [3.05, 3.63) is 124 Å². The molecule has 14 aliphatic rings. The molecular formula is C98H100F2O33. The lowest BCUT2D eigenvalue weighted by atomic mass is 9.89. The van der Waals surface area contributed by atoms with Gasteiger partial charge < -0.3 is 144 Å². The lowest BCUT2D eigenvalue weighted by Crippen LogP contribution is -2.58. The second kappa shape index (κ2) is 34.4. The summed E-state index contributed by atoms with van der Waals surface area (Å²) in [5.41, 5.74) is 7.23. The van der Waals surface area contributed by atoms with Crippen molar-refractivity contribution in [1.29, 1.82) is 0 Å². The number of hydrogen-bond donors (Lipinski definition) is 6. The molecule has 8 fully saturated rings. The summed E-state index contributed by atoms with van der Waals surface area (Å²) in [5.74, 6) is 3.00. The van der Waals surface area contributed by atoms with E-state index in [4.69, 9.17) is 109 Å². The quantitative estimate of drug-likeness (QED) is 0.0464. The Morgan fingerprint density at radius 2 is 0.639 bits per heavy atom. The van der Waals surface area contributed by atoms with Gasteiger partial charge in [0.2, 0.25) is 32.5 Å². The Balaban J connectivity index is 0.000000120. The summed E-state index contributed by atoms with van der Waals surface area (Å²) in [4.78, 5) is 40.7. The molecule has 2 spiro atoms. The normalized spacial score (nSPS) is 27.9. The van der Waals surface area contributed by atoms with E-state index >= 15 is 0 Å². The number of halogens is 2. The third-order valence-corrected chi connectivity index (χ3v) is 27.6. The zero-order valence-corrected chi connectivity index (χ0v) is 73.9. The minimum atomic E-state index is -3.81. The van der Waals surface area contributed by atoms with Crippen LogP contribution in [0.25, 0.3) is 65.7 Å². The number of Topliss-reactive ketones (excluding diaryl/α,β-unsaturated/α-hetero) is 3. The number of fused-ring (bicyclic) bond motifs is 12. The van der Waals surface area contributed by atoms with Gasteiger partial charge in [-0.25, -0.2) is 0 Å². The number of methoxy groups -OCH3 is 6. The largest absolute Gasteiger partial charge is 0.586 e. The lowest BCUT2D eigenvalue weighted by Gasteiger charge is -2.39. The van der Waals surface area contributed by atoms with Crippen LogP contribution in [-0.4, -0.2) is 240 Å². The van der Waals surface area contributed by atoms with Crippen LogP contribution in [-0.2, 0) is 61.9 Å². The number of ketones is 3. The first-order valence-electron chi connectivity index (χ1n) is 44.7. The molecule has 33 nitrogen and oxygen atoms in total. The van der Waals surface area contributed by atoms with Crippen LogP contribution in [0.4, 0.5) is 8.78 Å². The topological polar surface area (TPSA) is 394 Å². The first kappa shape index (κ1) is 88.6. The number of ether oxygens (including phenoxy) is 24. The first-order valence-corrected chi connectivity index (χ1v) is 44.7. The third-order valence-electron chi connectivity index (χ3n) is 27.6. The van der Waals surface area contributed by atoms with Crippen molar-refractivity contribution in [3.8, 4) is 120 Å². The predicted octanol–water partition coefficient (Wildman–Crippen LogP) is 12.1. The van der Waals surface area contributed by atoms with Crippen molar-refractivity contribution >= 4 is 49.7 Å². The van der Waals surface area contributed by atoms with Crippen molar-refractivity contribution in [2.24, 2.45) is 0 Å². The fraction of sp³-hybridized carbons (Fsp3) is 0.480. The van der Waals surface area contributed by atoms with Crippen LogP contribution in [0, 0.1) is 0 Å². The van der Waals surface area contributed by atoms with Gasteiger partial charge in [0, 0.05) is 111 Å². The van der Waals surface area contributed by atoms with Crippen molar-refractivity contribution in [1.82, 2.24) is 0 Å². The van der Waals surface area contributed by atoms with Gasteiger partial charge in [-0.1, -0.05) is 24.6 Å². The SMILES string of the molecule is COc1cc2c(OC3OC(CO)C4OC(C)(C)OC4C3O)c3c(c(-c4ccc5c(c4)OC(F)(F)O5)c2cc1OC)C(=O)CC3.COc1cc2c(OC3OC(CO)C4OC5(CCCC5)OC4C3O)c3c(c(-c4ccc5c(c4)OCO5)c2cc1OC)C(=O)CC3.COc1cc2c(OC3OC(CO)C4OC5(CCCCC5)OC4C3O)c3c(c(-c4ccc5c(c4)OCO5)c2cc1OC)C(=O)CC3. The van der Waals surface area contributed by atoms with Gasteiger partial charge >= 0.3 is 6.29 Å². The van der Waals surface area contributed by atoms with Gasteiger partial charge in [0.05, 0.1) is 62.5 Å². The minimum absolute atomic E-state index is 0.0237. The smallest absolute Gasteiger partial charge is 0.493 e. The second-order valence-electron chi connectivity index (χ2n) is 35.7. The summed E-state index contributed by atoms with van der Waals surface area (Å²) in [6.45, 7) is 2.57. The summed E-state index contributed by atoms with van der Waals surface area (Å²) in [7, 11) is 9.15. The van der Waals surface area contributed by atoms with E-state index in [9.17, 15) is 53.8 Å². The Labute approximate surface area is 759 Å². The molecule has 0 amide bonds. The van der Waals surface area contributed by atoms with Crippen molar-refractivity contribution in [2.75, 3.05) is 76.1 Å². The van der Waals surface area contributed by atoms with Gasteiger partial charge in [-0.2, -0.15) is 0 Å². The molecule has 6 saturated heterocycles. The molecule has 0 aromatic heterocycles.